The Bertz CT molecular complexity index is 797. The topological polar surface area (TPSA) is 69.7 Å². The van der Waals surface area contributed by atoms with Crippen LogP contribution in [0.2, 0.25) is 5.02 Å². The average Bonchev–Trinajstić information content (AvgIpc) is 3.00. The van der Waals surface area contributed by atoms with Gasteiger partial charge < -0.3 is 9.47 Å². The molecule has 1 heterocycles. The first-order valence-corrected chi connectivity index (χ1v) is 7.71. The Labute approximate surface area is 143 Å². The third-order valence-corrected chi connectivity index (χ3v) is 3.89. The SMILES string of the molecule is O=C(O[C@H]1CCOC1=O)c1ccccc1C(=O)c1ccc(Cl)cc1. The molecule has 0 radical (unpaired) electrons. The smallest absolute Gasteiger partial charge is 0.347 e. The number of halogens is 1. The van der Waals surface area contributed by atoms with Crippen molar-refractivity contribution in [3.63, 3.8) is 0 Å². The molecule has 1 atom stereocenters. The zero-order valence-electron chi connectivity index (χ0n) is 12.5. The fourth-order valence-electron chi connectivity index (χ4n) is 2.39. The average molecular weight is 345 g/mol. The lowest BCUT2D eigenvalue weighted by molar-refractivity contribution is -0.145. The largest absolute Gasteiger partial charge is 0.463 e. The van der Waals surface area contributed by atoms with Crippen molar-refractivity contribution in [2.24, 2.45) is 0 Å². The standard InChI is InChI=1S/C18H13ClO5/c19-12-7-5-11(6-8-12)16(20)13-3-1-2-4-14(13)17(21)24-15-9-10-23-18(15)22/h1-8,15H,9-10H2/t15-/m0/s1. The summed E-state index contributed by atoms with van der Waals surface area (Å²) < 4.78 is 9.93. The quantitative estimate of drug-likeness (QED) is 0.630. The van der Waals surface area contributed by atoms with Gasteiger partial charge in [0.1, 0.15) is 0 Å². The zero-order chi connectivity index (χ0) is 17.1. The van der Waals surface area contributed by atoms with Crippen molar-refractivity contribution in [2.45, 2.75) is 12.5 Å². The van der Waals surface area contributed by atoms with Crippen LogP contribution in [-0.4, -0.2) is 30.4 Å². The van der Waals surface area contributed by atoms with Crippen molar-refractivity contribution < 1.29 is 23.9 Å². The number of esters is 2. The van der Waals surface area contributed by atoms with E-state index in [0.29, 0.717) is 17.0 Å². The van der Waals surface area contributed by atoms with E-state index in [2.05, 4.69) is 0 Å². The lowest BCUT2D eigenvalue weighted by Crippen LogP contribution is -2.24. The summed E-state index contributed by atoms with van der Waals surface area (Å²) in [6.07, 6.45) is -0.603. The third-order valence-electron chi connectivity index (χ3n) is 3.63. The fourth-order valence-corrected chi connectivity index (χ4v) is 2.52. The van der Waals surface area contributed by atoms with Crippen LogP contribution in [0.3, 0.4) is 0 Å². The van der Waals surface area contributed by atoms with Crippen molar-refractivity contribution in [3.05, 3.63) is 70.2 Å². The minimum Gasteiger partial charge on any atom is -0.463 e. The van der Waals surface area contributed by atoms with E-state index in [0.717, 1.165) is 0 Å². The molecule has 3 rings (SSSR count). The first-order valence-electron chi connectivity index (χ1n) is 7.33. The summed E-state index contributed by atoms with van der Waals surface area (Å²) >= 11 is 5.82. The van der Waals surface area contributed by atoms with E-state index >= 15 is 0 Å². The number of hydrogen-bond donors (Lipinski definition) is 0. The van der Waals surface area contributed by atoms with E-state index in [1.807, 2.05) is 0 Å². The Morgan fingerprint density at radius 2 is 1.71 bits per heavy atom. The van der Waals surface area contributed by atoms with Crippen LogP contribution in [0.15, 0.2) is 48.5 Å². The molecule has 1 saturated heterocycles. The predicted octanol–water partition coefficient (Wildman–Crippen LogP) is 3.04. The van der Waals surface area contributed by atoms with Crippen molar-refractivity contribution >= 4 is 29.3 Å². The van der Waals surface area contributed by atoms with E-state index in [4.69, 9.17) is 21.1 Å². The summed E-state index contributed by atoms with van der Waals surface area (Å²) in [5.74, 6) is -1.62. The van der Waals surface area contributed by atoms with E-state index in [-0.39, 0.29) is 23.5 Å². The number of benzene rings is 2. The molecule has 1 aliphatic heterocycles. The van der Waals surface area contributed by atoms with Crippen molar-refractivity contribution in [1.82, 2.24) is 0 Å². The lowest BCUT2D eigenvalue weighted by atomic mass is 9.98. The Kier molecular flexibility index (Phi) is 4.62. The maximum atomic E-state index is 12.6. The van der Waals surface area contributed by atoms with Crippen LogP contribution in [0.1, 0.15) is 32.7 Å². The number of carbonyl (C=O) groups excluding carboxylic acids is 3. The molecule has 0 aromatic heterocycles. The van der Waals surface area contributed by atoms with Gasteiger partial charge in [-0.3, -0.25) is 4.79 Å². The van der Waals surface area contributed by atoms with Gasteiger partial charge in [0.15, 0.2) is 5.78 Å². The molecule has 122 valence electrons. The minimum atomic E-state index is -0.920. The first-order chi connectivity index (χ1) is 11.6. The predicted molar refractivity (Wildman–Crippen MR) is 86.1 cm³/mol. The molecule has 1 aliphatic rings. The van der Waals surface area contributed by atoms with Gasteiger partial charge in [0.2, 0.25) is 6.10 Å². The molecule has 24 heavy (non-hydrogen) atoms. The Morgan fingerprint density at radius 1 is 1.04 bits per heavy atom. The normalized spacial score (nSPS) is 16.5. The second kappa shape index (κ2) is 6.84. The summed E-state index contributed by atoms with van der Waals surface area (Å²) in [7, 11) is 0. The number of rotatable bonds is 4. The minimum absolute atomic E-state index is 0.108. The highest BCUT2D eigenvalue weighted by Crippen LogP contribution is 2.19. The van der Waals surface area contributed by atoms with Gasteiger partial charge in [-0.25, -0.2) is 9.59 Å². The van der Waals surface area contributed by atoms with Gasteiger partial charge in [0, 0.05) is 22.6 Å². The van der Waals surface area contributed by atoms with Crippen LogP contribution >= 0.6 is 11.6 Å². The highest BCUT2D eigenvalue weighted by Gasteiger charge is 2.31. The molecule has 0 spiro atoms. The van der Waals surface area contributed by atoms with Gasteiger partial charge in [-0.1, -0.05) is 29.8 Å². The lowest BCUT2D eigenvalue weighted by Gasteiger charge is -2.11. The highest BCUT2D eigenvalue weighted by molar-refractivity contribution is 6.30. The Morgan fingerprint density at radius 3 is 2.33 bits per heavy atom. The van der Waals surface area contributed by atoms with Crippen molar-refractivity contribution in [2.75, 3.05) is 6.61 Å². The van der Waals surface area contributed by atoms with Gasteiger partial charge in [-0.15, -0.1) is 0 Å². The molecule has 0 N–H and O–H groups in total. The van der Waals surface area contributed by atoms with Gasteiger partial charge in [-0.2, -0.15) is 0 Å². The van der Waals surface area contributed by atoms with Crippen LogP contribution in [0.25, 0.3) is 0 Å². The third kappa shape index (κ3) is 3.31. The van der Waals surface area contributed by atoms with Crippen LogP contribution in [0.5, 0.6) is 0 Å². The molecule has 1 fully saturated rings. The molecule has 0 saturated carbocycles. The van der Waals surface area contributed by atoms with Crippen LogP contribution in [0.4, 0.5) is 0 Å². The number of cyclic esters (lactones) is 1. The van der Waals surface area contributed by atoms with Crippen molar-refractivity contribution in [1.29, 1.82) is 0 Å². The summed E-state index contributed by atoms with van der Waals surface area (Å²) in [5, 5.41) is 0.513. The van der Waals surface area contributed by atoms with E-state index in [1.165, 1.54) is 6.07 Å². The maximum Gasteiger partial charge on any atom is 0.347 e. The second-order valence-electron chi connectivity index (χ2n) is 5.23. The van der Waals surface area contributed by atoms with Gasteiger partial charge in [-0.05, 0) is 30.3 Å². The number of hydrogen-bond acceptors (Lipinski definition) is 5. The zero-order valence-corrected chi connectivity index (χ0v) is 13.3. The molecule has 2 aromatic rings. The number of ketones is 1. The molecule has 0 amide bonds. The molecular formula is C18H13ClO5. The van der Waals surface area contributed by atoms with Gasteiger partial charge in [0.05, 0.1) is 12.2 Å². The highest BCUT2D eigenvalue weighted by atomic mass is 35.5. The van der Waals surface area contributed by atoms with E-state index in [9.17, 15) is 14.4 Å². The van der Waals surface area contributed by atoms with Crippen LogP contribution < -0.4 is 0 Å². The van der Waals surface area contributed by atoms with Gasteiger partial charge in [0.25, 0.3) is 0 Å². The van der Waals surface area contributed by atoms with E-state index in [1.54, 1.807) is 42.5 Å². The Balaban J connectivity index is 1.87. The van der Waals surface area contributed by atoms with Gasteiger partial charge >= 0.3 is 11.9 Å². The summed E-state index contributed by atoms with van der Waals surface area (Å²) in [5.41, 5.74) is 0.716. The van der Waals surface area contributed by atoms with Crippen LogP contribution in [-0.2, 0) is 14.3 Å². The molecule has 0 unspecified atom stereocenters. The molecule has 6 heteroatoms. The summed E-state index contributed by atoms with van der Waals surface area (Å²) in [4.78, 5) is 36.4. The monoisotopic (exact) mass is 344 g/mol. The second-order valence-corrected chi connectivity index (χ2v) is 5.67. The molecule has 0 aliphatic carbocycles. The first kappa shape index (κ1) is 16.2. The summed E-state index contributed by atoms with van der Waals surface area (Å²) in [6, 6.07) is 12.7. The van der Waals surface area contributed by atoms with E-state index < -0.39 is 18.0 Å². The molecule has 5 nitrogen and oxygen atoms in total. The number of ether oxygens (including phenoxy) is 2. The Hall–Kier alpha value is -2.66. The van der Waals surface area contributed by atoms with Crippen LogP contribution in [0, 0.1) is 0 Å². The summed E-state index contributed by atoms with van der Waals surface area (Å²) in [6.45, 7) is 0.224. The fraction of sp³-hybridized carbons (Fsp3) is 0.167. The maximum absolute atomic E-state index is 12.6. The van der Waals surface area contributed by atoms with Crippen molar-refractivity contribution in [3.8, 4) is 0 Å². The molecule has 2 aromatic carbocycles. The number of carbonyl (C=O) groups is 3. The molecule has 0 bridgehead atoms. The molecular weight excluding hydrogens is 332 g/mol.